The van der Waals surface area contributed by atoms with E-state index in [-0.39, 0.29) is 17.9 Å². The number of carbonyl (C=O) groups is 1. The maximum atomic E-state index is 12.8. The van der Waals surface area contributed by atoms with Crippen LogP contribution in [0.2, 0.25) is 0 Å². The molecule has 70 valence electrons. The molecule has 0 aliphatic carbocycles. The molecule has 1 aromatic carbocycles. The topological polar surface area (TPSA) is 52.3 Å². The van der Waals surface area contributed by atoms with Crippen LogP contribution in [0, 0.1) is 5.82 Å². The molecule has 0 radical (unpaired) electrons. The first kappa shape index (κ1) is 9.67. The molecule has 0 bridgehead atoms. The van der Waals surface area contributed by atoms with Crippen molar-refractivity contribution in [2.75, 3.05) is 13.7 Å². The van der Waals surface area contributed by atoms with Gasteiger partial charge in [-0.2, -0.15) is 0 Å². The molecule has 4 heteroatoms. The van der Waals surface area contributed by atoms with E-state index in [0.29, 0.717) is 5.75 Å². The molecular weight excluding hydrogens is 173 g/mol. The molecule has 0 atom stereocenters. The summed E-state index contributed by atoms with van der Waals surface area (Å²) in [6.07, 6.45) is 0. The Labute approximate surface area is 75.3 Å². The minimum absolute atomic E-state index is 0.132. The summed E-state index contributed by atoms with van der Waals surface area (Å²) in [4.78, 5) is 11.1. The zero-order valence-electron chi connectivity index (χ0n) is 7.21. The lowest BCUT2D eigenvalue weighted by Crippen LogP contribution is -2.13. The highest BCUT2D eigenvalue weighted by molar-refractivity contribution is 5.97. The van der Waals surface area contributed by atoms with Crippen LogP contribution in [0.1, 0.15) is 10.4 Å². The Morgan fingerprint density at radius 3 is 2.77 bits per heavy atom. The summed E-state index contributed by atoms with van der Waals surface area (Å²) in [5.41, 5.74) is 5.37. The van der Waals surface area contributed by atoms with Gasteiger partial charge in [0, 0.05) is 11.6 Å². The predicted molar refractivity (Wildman–Crippen MR) is 46.3 cm³/mol. The molecule has 0 amide bonds. The van der Waals surface area contributed by atoms with Crippen LogP contribution in [-0.4, -0.2) is 19.4 Å². The van der Waals surface area contributed by atoms with Gasteiger partial charge in [0.2, 0.25) is 0 Å². The average Bonchev–Trinajstić information content (AvgIpc) is 2.15. The number of methoxy groups -OCH3 is 1. The molecule has 0 aliphatic rings. The molecule has 3 nitrogen and oxygen atoms in total. The molecule has 0 fully saturated rings. The van der Waals surface area contributed by atoms with Crippen molar-refractivity contribution in [2.24, 2.45) is 5.73 Å². The lowest BCUT2D eigenvalue weighted by atomic mass is 10.1. The number of hydrogen-bond donors (Lipinski definition) is 1. The van der Waals surface area contributed by atoms with Crippen molar-refractivity contribution in [2.45, 2.75) is 0 Å². The summed E-state index contributed by atoms with van der Waals surface area (Å²) in [5.74, 6) is -0.495. The van der Waals surface area contributed by atoms with E-state index in [9.17, 15) is 9.18 Å². The Balaban J connectivity index is 3.08. The Hall–Kier alpha value is -1.42. The zero-order valence-corrected chi connectivity index (χ0v) is 7.21. The van der Waals surface area contributed by atoms with Gasteiger partial charge in [-0.25, -0.2) is 4.39 Å². The lowest BCUT2D eigenvalue weighted by Gasteiger charge is -2.02. The van der Waals surface area contributed by atoms with E-state index < -0.39 is 5.82 Å². The SMILES string of the molecule is COc1cc(F)cc(C(=O)CN)c1. The summed E-state index contributed by atoms with van der Waals surface area (Å²) < 4.78 is 17.6. The van der Waals surface area contributed by atoms with Crippen molar-refractivity contribution in [1.29, 1.82) is 0 Å². The largest absolute Gasteiger partial charge is 0.497 e. The fourth-order valence-electron chi connectivity index (χ4n) is 0.959. The monoisotopic (exact) mass is 183 g/mol. The minimum Gasteiger partial charge on any atom is -0.497 e. The molecule has 0 unspecified atom stereocenters. The van der Waals surface area contributed by atoms with Crippen LogP contribution >= 0.6 is 0 Å². The van der Waals surface area contributed by atoms with Crippen molar-refractivity contribution in [3.8, 4) is 5.75 Å². The van der Waals surface area contributed by atoms with Crippen molar-refractivity contribution in [3.05, 3.63) is 29.6 Å². The molecule has 0 saturated heterocycles. The number of nitrogens with two attached hydrogens (primary N) is 1. The molecule has 0 spiro atoms. The van der Waals surface area contributed by atoms with E-state index in [1.54, 1.807) is 0 Å². The summed E-state index contributed by atoms with van der Waals surface area (Å²) in [6, 6.07) is 3.79. The summed E-state index contributed by atoms with van der Waals surface area (Å²) in [7, 11) is 1.41. The molecule has 13 heavy (non-hydrogen) atoms. The Morgan fingerprint density at radius 2 is 2.23 bits per heavy atom. The maximum Gasteiger partial charge on any atom is 0.176 e. The molecular formula is C9H10FNO2. The average molecular weight is 183 g/mol. The van der Waals surface area contributed by atoms with Gasteiger partial charge in [-0.15, -0.1) is 0 Å². The molecule has 1 aromatic rings. The van der Waals surface area contributed by atoms with E-state index >= 15 is 0 Å². The van der Waals surface area contributed by atoms with Gasteiger partial charge in [0.15, 0.2) is 5.78 Å². The van der Waals surface area contributed by atoms with Crippen LogP contribution in [0.3, 0.4) is 0 Å². The van der Waals surface area contributed by atoms with E-state index in [4.69, 9.17) is 10.5 Å². The Kier molecular flexibility index (Phi) is 2.97. The molecule has 2 N–H and O–H groups in total. The van der Waals surface area contributed by atoms with E-state index in [1.165, 1.54) is 19.2 Å². The Morgan fingerprint density at radius 1 is 1.54 bits per heavy atom. The van der Waals surface area contributed by atoms with Crippen molar-refractivity contribution in [3.63, 3.8) is 0 Å². The third-order valence-electron chi connectivity index (χ3n) is 1.61. The Bertz CT molecular complexity index is 325. The van der Waals surface area contributed by atoms with Gasteiger partial charge < -0.3 is 10.5 Å². The number of ketones is 1. The number of rotatable bonds is 3. The normalized spacial score (nSPS) is 9.77. The van der Waals surface area contributed by atoms with Crippen LogP contribution < -0.4 is 10.5 Å². The van der Waals surface area contributed by atoms with Gasteiger partial charge in [-0.05, 0) is 12.1 Å². The van der Waals surface area contributed by atoms with Crippen LogP contribution in [0.25, 0.3) is 0 Å². The van der Waals surface area contributed by atoms with Gasteiger partial charge in [-0.3, -0.25) is 4.79 Å². The van der Waals surface area contributed by atoms with Gasteiger partial charge >= 0.3 is 0 Å². The fourth-order valence-corrected chi connectivity index (χ4v) is 0.959. The summed E-state index contributed by atoms with van der Waals surface area (Å²) in [5, 5.41) is 0. The number of ether oxygens (including phenoxy) is 1. The van der Waals surface area contributed by atoms with Crippen LogP contribution in [0.4, 0.5) is 4.39 Å². The summed E-state index contributed by atoms with van der Waals surface area (Å²) in [6.45, 7) is -0.132. The third kappa shape index (κ3) is 2.26. The quantitative estimate of drug-likeness (QED) is 0.710. The van der Waals surface area contributed by atoms with Gasteiger partial charge in [-0.1, -0.05) is 0 Å². The first-order valence-electron chi connectivity index (χ1n) is 3.75. The number of hydrogen-bond acceptors (Lipinski definition) is 3. The van der Waals surface area contributed by atoms with E-state index in [0.717, 1.165) is 6.07 Å². The predicted octanol–water partition coefficient (Wildman–Crippen LogP) is 0.976. The zero-order chi connectivity index (χ0) is 9.84. The van der Waals surface area contributed by atoms with Gasteiger partial charge in [0.1, 0.15) is 11.6 Å². The number of carbonyl (C=O) groups excluding carboxylic acids is 1. The minimum atomic E-state index is -0.504. The van der Waals surface area contributed by atoms with Crippen molar-refractivity contribution < 1.29 is 13.9 Å². The van der Waals surface area contributed by atoms with Crippen molar-refractivity contribution >= 4 is 5.78 Å². The number of halogens is 1. The third-order valence-corrected chi connectivity index (χ3v) is 1.61. The molecule has 1 rings (SSSR count). The van der Waals surface area contributed by atoms with Crippen LogP contribution in [0.15, 0.2) is 18.2 Å². The van der Waals surface area contributed by atoms with Crippen LogP contribution in [-0.2, 0) is 0 Å². The first-order chi connectivity index (χ1) is 6.17. The van der Waals surface area contributed by atoms with E-state index in [2.05, 4.69) is 0 Å². The first-order valence-corrected chi connectivity index (χ1v) is 3.75. The van der Waals surface area contributed by atoms with Gasteiger partial charge in [0.05, 0.1) is 13.7 Å². The van der Waals surface area contributed by atoms with Gasteiger partial charge in [0.25, 0.3) is 0 Å². The standard InChI is InChI=1S/C9H10FNO2/c1-13-8-3-6(9(12)5-11)2-7(10)4-8/h2-4H,5,11H2,1H3. The smallest absolute Gasteiger partial charge is 0.176 e. The summed E-state index contributed by atoms with van der Waals surface area (Å²) >= 11 is 0. The van der Waals surface area contributed by atoms with E-state index in [1.807, 2.05) is 0 Å². The number of benzene rings is 1. The maximum absolute atomic E-state index is 12.8. The molecule has 0 heterocycles. The van der Waals surface area contributed by atoms with Crippen molar-refractivity contribution in [1.82, 2.24) is 0 Å². The highest BCUT2D eigenvalue weighted by atomic mass is 19.1. The lowest BCUT2D eigenvalue weighted by molar-refractivity contribution is 0.100. The second kappa shape index (κ2) is 4.00. The highest BCUT2D eigenvalue weighted by Crippen LogP contribution is 2.15. The fraction of sp³-hybridized carbons (Fsp3) is 0.222. The van der Waals surface area contributed by atoms with Crippen LogP contribution in [0.5, 0.6) is 5.75 Å². The molecule has 0 aliphatic heterocycles. The second-order valence-electron chi connectivity index (χ2n) is 2.51. The second-order valence-corrected chi connectivity index (χ2v) is 2.51. The molecule has 0 aromatic heterocycles. The highest BCUT2D eigenvalue weighted by Gasteiger charge is 2.06. The number of Topliss-reactive ketones (excluding diaryl/α,β-unsaturated/α-hetero) is 1. The molecule has 0 saturated carbocycles.